The second kappa shape index (κ2) is 5.93. The fourth-order valence-corrected chi connectivity index (χ4v) is 4.36. The molecular weight excluding hydrogens is 316 g/mol. The van der Waals surface area contributed by atoms with E-state index in [1.54, 1.807) is 16.7 Å². The fraction of sp³-hybridized carbons (Fsp3) is 0.882. The Balaban J connectivity index is 1.46. The van der Waals surface area contributed by atoms with E-state index in [0.717, 1.165) is 13.1 Å². The number of alkyl halides is 2. The second-order valence-electron chi connectivity index (χ2n) is 8.14. The van der Waals surface area contributed by atoms with E-state index in [4.69, 9.17) is 0 Å². The molecule has 1 aliphatic carbocycles. The molecule has 1 saturated carbocycles. The molecule has 24 heavy (non-hydrogen) atoms. The molecular formula is C17H27F2N3O2. The number of hydrogen-bond donors (Lipinski definition) is 1. The Hall–Kier alpha value is -1.24. The molecule has 3 fully saturated rings. The highest BCUT2D eigenvalue weighted by atomic mass is 19.3. The smallest absolute Gasteiger partial charge is 0.261 e. The van der Waals surface area contributed by atoms with Crippen LogP contribution in [0.15, 0.2) is 0 Å². The van der Waals surface area contributed by atoms with Crippen molar-refractivity contribution in [3.63, 3.8) is 0 Å². The zero-order chi connectivity index (χ0) is 17.7. The maximum atomic E-state index is 13.7. The summed E-state index contributed by atoms with van der Waals surface area (Å²) in [6, 6.07) is 0. The fourth-order valence-electron chi connectivity index (χ4n) is 4.36. The summed E-state index contributed by atoms with van der Waals surface area (Å²) < 4.78 is 27.4. The van der Waals surface area contributed by atoms with Crippen LogP contribution in [0.4, 0.5) is 8.78 Å². The minimum Gasteiger partial charge on any atom is -0.347 e. The first-order valence-electron chi connectivity index (χ1n) is 8.79. The topological polar surface area (TPSA) is 52.7 Å². The van der Waals surface area contributed by atoms with E-state index in [0.29, 0.717) is 30.3 Å². The molecule has 2 aliphatic heterocycles. The van der Waals surface area contributed by atoms with Crippen molar-refractivity contribution in [3.05, 3.63) is 0 Å². The van der Waals surface area contributed by atoms with Crippen LogP contribution in [0.25, 0.3) is 0 Å². The first-order valence-corrected chi connectivity index (χ1v) is 8.79. The number of halogens is 2. The first-order chi connectivity index (χ1) is 11.1. The van der Waals surface area contributed by atoms with Gasteiger partial charge in [-0.25, -0.2) is 8.78 Å². The number of carbonyl (C=O) groups excluding carboxylic acids is 2. The third kappa shape index (κ3) is 3.27. The number of nitrogens with zero attached hydrogens (tertiary/aromatic N) is 2. The lowest BCUT2D eigenvalue weighted by atomic mass is 9.94. The molecule has 0 aromatic heterocycles. The van der Waals surface area contributed by atoms with Crippen molar-refractivity contribution in [2.75, 3.05) is 39.3 Å². The van der Waals surface area contributed by atoms with Crippen molar-refractivity contribution in [2.24, 2.45) is 23.2 Å². The molecule has 2 amide bonds. The summed E-state index contributed by atoms with van der Waals surface area (Å²) in [5, 5.41) is 2.57. The van der Waals surface area contributed by atoms with Gasteiger partial charge in [0, 0.05) is 26.1 Å². The normalized spacial score (nSPS) is 33.9. The highest BCUT2D eigenvalue weighted by Gasteiger charge is 2.62. The highest BCUT2D eigenvalue weighted by molar-refractivity contribution is 5.86. The monoisotopic (exact) mass is 343 g/mol. The molecule has 0 aromatic carbocycles. The van der Waals surface area contributed by atoms with Crippen LogP contribution in [0.3, 0.4) is 0 Å². The van der Waals surface area contributed by atoms with Gasteiger partial charge in [0.15, 0.2) is 0 Å². The van der Waals surface area contributed by atoms with E-state index >= 15 is 0 Å². The van der Waals surface area contributed by atoms with Gasteiger partial charge in [-0.15, -0.1) is 0 Å². The van der Waals surface area contributed by atoms with Crippen LogP contribution >= 0.6 is 0 Å². The largest absolute Gasteiger partial charge is 0.347 e. The van der Waals surface area contributed by atoms with Crippen LogP contribution in [0.5, 0.6) is 0 Å². The van der Waals surface area contributed by atoms with Crippen molar-refractivity contribution in [3.8, 4) is 0 Å². The molecule has 3 aliphatic rings. The molecule has 3 unspecified atom stereocenters. The molecule has 7 heteroatoms. The minimum atomic E-state index is -2.85. The zero-order valence-electron chi connectivity index (χ0n) is 14.6. The van der Waals surface area contributed by atoms with Gasteiger partial charge < -0.3 is 10.2 Å². The Kier molecular flexibility index (Phi) is 4.35. The molecule has 2 saturated heterocycles. The predicted octanol–water partition coefficient (Wildman–Crippen LogP) is 1.19. The molecule has 3 atom stereocenters. The summed E-state index contributed by atoms with van der Waals surface area (Å²) in [6.45, 7) is 8.17. The summed E-state index contributed by atoms with van der Waals surface area (Å²) in [5.41, 5.74) is 0.331. The summed E-state index contributed by atoms with van der Waals surface area (Å²) in [5.74, 6) is -3.03. The average molecular weight is 343 g/mol. The number of nitrogens with one attached hydrogen (secondary N) is 1. The zero-order valence-corrected chi connectivity index (χ0v) is 14.6. The predicted molar refractivity (Wildman–Crippen MR) is 85.5 cm³/mol. The van der Waals surface area contributed by atoms with Crippen molar-refractivity contribution in [1.82, 2.24) is 15.1 Å². The third-order valence-corrected chi connectivity index (χ3v) is 6.19. The molecule has 0 spiro atoms. The van der Waals surface area contributed by atoms with Crippen LogP contribution in [0.2, 0.25) is 0 Å². The van der Waals surface area contributed by atoms with Gasteiger partial charge in [-0.3, -0.25) is 14.5 Å². The molecule has 1 N–H and O–H groups in total. The quantitative estimate of drug-likeness (QED) is 0.834. The van der Waals surface area contributed by atoms with E-state index in [1.165, 1.54) is 0 Å². The van der Waals surface area contributed by atoms with Crippen LogP contribution in [-0.2, 0) is 9.59 Å². The van der Waals surface area contributed by atoms with E-state index in [1.807, 2.05) is 0 Å². The number of fused-ring (bicyclic) bond motifs is 1. The van der Waals surface area contributed by atoms with Crippen molar-refractivity contribution in [1.29, 1.82) is 0 Å². The van der Waals surface area contributed by atoms with E-state index < -0.39 is 24.2 Å². The lowest BCUT2D eigenvalue weighted by Crippen LogP contribution is -2.52. The summed E-state index contributed by atoms with van der Waals surface area (Å²) in [6.07, 6.45) is -0.439. The number of rotatable bonds is 4. The van der Waals surface area contributed by atoms with E-state index in [-0.39, 0.29) is 19.0 Å². The summed E-state index contributed by atoms with van der Waals surface area (Å²) >= 11 is 0. The molecule has 0 aromatic rings. The first kappa shape index (κ1) is 17.6. The molecule has 0 radical (unpaired) electrons. The van der Waals surface area contributed by atoms with Crippen LogP contribution in [0, 0.1) is 23.2 Å². The van der Waals surface area contributed by atoms with Crippen LogP contribution in [-0.4, -0.2) is 66.8 Å². The Morgan fingerprint density at radius 2 is 1.79 bits per heavy atom. The summed E-state index contributed by atoms with van der Waals surface area (Å²) in [4.78, 5) is 27.8. The minimum absolute atomic E-state index is 0.0904. The van der Waals surface area contributed by atoms with Gasteiger partial charge in [-0.1, -0.05) is 20.8 Å². The SMILES string of the molecule is CCN1CC(C(=O)NCC(=O)N2CC3C(C2)C3(C)C)CC(F)(F)C1. The number of carbonyl (C=O) groups is 2. The van der Waals surface area contributed by atoms with Gasteiger partial charge in [-0.2, -0.15) is 0 Å². The van der Waals surface area contributed by atoms with Gasteiger partial charge in [0.2, 0.25) is 11.8 Å². The lowest BCUT2D eigenvalue weighted by molar-refractivity contribution is -0.139. The molecule has 5 nitrogen and oxygen atoms in total. The second-order valence-corrected chi connectivity index (χ2v) is 8.14. The van der Waals surface area contributed by atoms with E-state index in [2.05, 4.69) is 19.2 Å². The van der Waals surface area contributed by atoms with Crippen molar-refractivity contribution in [2.45, 2.75) is 33.1 Å². The maximum Gasteiger partial charge on any atom is 0.261 e. The number of amides is 2. The average Bonchev–Trinajstić information content (AvgIpc) is 2.90. The summed E-state index contributed by atoms with van der Waals surface area (Å²) in [7, 11) is 0. The highest BCUT2D eigenvalue weighted by Crippen LogP contribution is 2.61. The van der Waals surface area contributed by atoms with Crippen molar-refractivity contribution < 1.29 is 18.4 Å². The van der Waals surface area contributed by atoms with Gasteiger partial charge in [0.25, 0.3) is 5.92 Å². The maximum absolute atomic E-state index is 13.7. The molecule has 136 valence electrons. The number of hydrogen-bond acceptors (Lipinski definition) is 3. The molecule has 2 heterocycles. The van der Waals surface area contributed by atoms with Gasteiger partial charge >= 0.3 is 0 Å². The Labute approximate surface area is 141 Å². The van der Waals surface area contributed by atoms with E-state index in [9.17, 15) is 18.4 Å². The van der Waals surface area contributed by atoms with Gasteiger partial charge in [0.1, 0.15) is 0 Å². The Morgan fingerprint density at radius 1 is 1.17 bits per heavy atom. The number of likely N-dealkylation sites (tertiary alicyclic amines) is 2. The Morgan fingerprint density at radius 3 is 2.38 bits per heavy atom. The standard InChI is InChI=1S/C17H27F2N3O2/c1-4-21-7-11(5-17(18,19)10-21)15(24)20-6-14(23)22-8-12-13(9-22)16(12,2)3/h11-13H,4-10H2,1-3H3,(H,20,24). The van der Waals surface area contributed by atoms with Gasteiger partial charge in [-0.05, 0) is 23.8 Å². The Bertz CT molecular complexity index is 524. The van der Waals surface area contributed by atoms with Crippen molar-refractivity contribution >= 4 is 11.8 Å². The van der Waals surface area contributed by atoms with Crippen LogP contribution < -0.4 is 5.32 Å². The molecule has 0 bridgehead atoms. The van der Waals surface area contributed by atoms with Gasteiger partial charge in [0.05, 0.1) is 19.0 Å². The molecule has 3 rings (SSSR count). The lowest BCUT2D eigenvalue weighted by Gasteiger charge is -2.36. The number of piperidine rings is 2. The van der Waals surface area contributed by atoms with Crippen LogP contribution in [0.1, 0.15) is 27.2 Å². The third-order valence-electron chi connectivity index (χ3n) is 6.19.